The number of rotatable bonds is 10. The van der Waals surface area contributed by atoms with Gasteiger partial charge in [-0.2, -0.15) is 0 Å². The molecule has 2 aliphatic rings. The molecule has 4 amide bonds. The average Bonchev–Trinajstić information content (AvgIpc) is 3.77. The van der Waals surface area contributed by atoms with Gasteiger partial charge in [-0.05, 0) is 71.2 Å². The van der Waals surface area contributed by atoms with Gasteiger partial charge in [-0.15, -0.1) is 0 Å². The number of carbonyl (C=O) groups is 4. The predicted octanol–water partition coefficient (Wildman–Crippen LogP) is 7.83. The third kappa shape index (κ3) is 9.45. The molecule has 4 aromatic carbocycles. The van der Waals surface area contributed by atoms with Crippen LogP contribution in [0, 0.1) is 11.8 Å². The van der Waals surface area contributed by atoms with E-state index in [4.69, 9.17) is 9.47 Å². The van der Waals surface area contributed by atoms with Crippen LogP contribution in [-0.2, 0) is 32.3 Å². The van der Waals surface area contributed by atoms with Crippen LogP contribution in [0.1, 0.15) is 48.9 Å². The lowest BCUT2D eigenvalue weighted by molar-refractivity contribution is -0.120. The molecule has 0 bridgehead atoms. The summed E-state index contributed by atoms with van der Waals surface area (Å²) in [5.74, 6) is -0.120. The lowest BCUT2D eigenvalue weighted by Gasteiger charge is -2.23. The molecule has 2 heterocycles. The first kappa shape index (κ1) is 35.9. The summed E-state index contributed by atoms with van der Waals surface area (Å²) in [7, 11) is 0. The molecule has 2 fully saturated rings. The van der Waals surface area contributed by atoms with E-state index in [2.05, 4.69) is 10.6 Å². The van der Waals surface area contributed by atoms with Crippen molar-refractivity contribution in [2.75, 3.05) is 23.7 Å². The Morgan fingerprint density at radius 2 is 0.942 bits per heavy atom. The quantitative estimate of drug-likeness (QED) is 0.163. The van der Waals surface area contributed by atoms with Crippen molar-refractivity contribution in [3.8, 4) is 0 Å². The third-order valence-corrected chi connectivity index (χ3v) is 9.33. The number of hydrogen-bond donors (Lipinski definition) is 2. The van der Waals surface area contributed by atoms with Crippen LogP contribution < -0.4 is 10.6 Å². The second-order valence-electron chi connectivity index (χ2n) is 13.7. The molecule has 6 rings (SSSR count). The Morgan fingerprint density at radius 3 is 1.31 bits per heavy atom. The molecule has 0 radical (unpaired) electrons. The second kappa shape index (κ2) is 16.9. The SMILES string of the molecule is C[C@@H]1C[C@@H](C(=O)Nc2ccc(/C=C/c3ccc(NC(=O)[C@@H]4C[C@@H](C)CN4C(=O)OCc4ccccc4)cc3)cc2)N(C(=O)OCc2ccccc2)C1. The van der Waals surface area contributed by atoms with Crippen LogP contribution in [0.3, 0.4) is 0 Å². The highest BCUT2D eigenvalue weighted by Crippen LogP contribution is 2.27. The van der Waals surface area contributed by atoms with E-state index in [1.807, 2.05) is 135 Å². The Bertz CT molecular complexity index is 1730. The van der Waals surface area contributed by atoms with Crippen molar-refractivity contribution >= 4 is 47.5 Å². The Labute approximate surface area is 304 Å². The Balaban J connectivity index is 0.981. The van der Waals surface area contributed by atoms with Crippen LogP contribution >= 0.6 is 0 Å². The first-order chi connectivity index (χ1) is 25.2. The summed E-state index contributed by atoms with van der Waals surface area (Å²) >= 11 is 0. The highest BCUT2D eigenvalue weighted by Gasteiger charge is 2.40. The van der Waals surface area contributed by atoms with Crippen molar-refractivity contribution < 1.29 is 28.7 Å². The minimum absolute atomic E-state index is 0.156. The van der Waals surface area contributed by atoms with Gasteiger partial charge in [-0.3, -0.25) is 19.4 Å². The van der Waals surface area contributed by atoms with E-state index < -0.39 is 24.3 Å². The van der Waals surface area contributed by atoms with Gasteiger partial charge in [0.15, 0.2) is 0 Å². The zero-order valence-corrected chi connectivity index (χ0v) is 29.4. The molecule has 268 valence electrons. The molecule has 0 spiro atoms. The zero-order valence-electron chi connectivity index (χ0n) is 29.4. The molecule has 52 heavy (non-hydrogen) atoms. The highest BCUT2D eigenvalue weighted by atomic mass is 16.6. The molecule has 4 aromatic rings. The Morgan fingerprint density at radius 1 is 0.577 bits per heavy atom. The summed E-state index contributed by atoms with van der Waals surface area (Å²) in [6, 6.07) is 32.7. The van der Waals surface area contributed by atoms with Gasteiger partial charge in [0, 0.05) is 24.5 Å². The molecule has 0 saturated carbocycles. The lowest BCUT2D eigenvalue weighted by Crippen LogP contribution is -2.43. The second-order valence-corrected chi connectivity index (χ2v) is 13.7. The first-order valence-corrected chi connectivity index (χ1v) is 17.7. The summed E-state index contributed by atoms with van der Waals surface area (Å²) in [5, 5.41) is 5.91. The topological polar surface area (TPSA) is 117 Å². The van der Waals surface area contributed by atoms with Crippen LogP contribution in [0.15, 0.2) is 109 Å². The van der Waals surface area contributed by atoms with Gasteiger partial charge >= 0.3 is 12.2 Å². The average molecular weight is 701 g/mol. The van der Waals surface area contributed by atoms with Crippen molar-refractivity contribution in [3.05, 3.63) is 131 Å². The molecule has 10 heteroatoms. The maximum Gasteiger partial charge on any atom is 0.410 e. The molecule has 0 aliphatic carbocycles. The number of anilines is 2. The van der Waals surface area contributed by atoms with Gasteiger partial charge in [0.1, 0.15) is 25.3 Å². The number of nitrogens with zero attached hydrogens (tertiary/aromatic N) is 2. The van der Waals surface area contributed by atoms with Crippen molar-refractivity contribution in [1.29, 1.82) is 0 Å². The smallest absolute Gasteiger partial charge is 0.410 e. The lowest BCUT2D eigenvalue weighted by atomic mass is 10.1. The summed E-state index contributed by atoms with van der Waals surface area (Å²) in [6.07, 6.45) is 4.07. The fourth-order valence-corrected chi connectivity index (χ4v) is 6.60. The summed E-state index contributed by atoms with van der Waals surface area (Å²) in [6.45, 7) is 5.29. The van der Waals surface area contributed by atoms with E-state index in [1.54, 1.807) is 0 Å². The molecular weight excluding hydrogens is 656 g/mol. The van der Waals surface area contributed by atoms with E-state index >= 15 is 0 Å². The number of amides is 4. The number of hydrogen-bond acceptors (Lipinski definition) is 6. The van der Waals surface area contributed by atoms with Crippen LogP contribution in [0.5, 0.6) is 0 Å². The predicted molar refractivity (Wildman–Crippen MR) is 201 cm³/mol. The number of benzene rings is 4. The maximum atomic E-state index is 13.2. The van der Waals surface area contributed by atoms with Gasteiger partial charge in [0.05, 0.1) is 0 Å². The third-order valence-electron chi connectivity index (χ3n) is 9.33. The van der Waals surface area contributed by atoms with Crippen molar-refractivity contribution in [1.82, 2.24) is 9.80 Å². The standard InChI is InChI=1S/C42H44N4O6/c1-29-23-37(45(25-29)41(49)51-27-33-9-5-3-6-10-33)39(47)43-35-19-15-31(16-20-35)13-14-32-17-21-36(22-18-32)44-40(48)38-24-30(2)26-46(38)42(50)52-28-34-11-7-4-8-12-34/h3-22,29-30,37-38H,23-28H2,1-2H3,(H,43,47)(H,44,48)/b14-13+/t29-,30-,37+,38+/m1/s1. The highest BCUT2D eigenvalue weighted by molar-refractivity contribution is 5.98. The number of nitrogens with one attached hydrogen (secondary N) is 2. The number of ether oxygens (including phenoxy) is 2. The van der Waals surface area contributed by atoms with Crippen molar-refractivity contribution in [2.45, 2.75) is 52.0 Å². The summed E-state index contributed by atoms with van der Waals surface area (Å²) in [5.41, 5.74) is 4.93. The molecule has 2 aliphatic heterocycles. The Hall–Kier alpha value is -5.90. The molecule has 2 saturated heterocycles. The minimum Gasteiger partial charge on any atom is -0.445 e. The molecule has 2 N–H and O–H groups in total. The number of likely N-dealkylation sites (tertiary alicyclic amines) is 2. The van der Waals surface area contributed by atoms with Crippen LogP contribution in [0.2, 0.25) is 0 Å². The van der Waals surface area contributed by atoms with E-state index in [1.165, 1.54) is 9.80 Å². The maximum absolute atomic E-state index is 13.2. The van der Waals surface area contributed by atoms with Crippen LogP contribution in [0.25, 0.3) is 12.2 Å². The fourth-order valence-electron chi connectivity index (χ4n) is 6.60. The summed E-state index contributed by atoms with van der Waals surface area (Å²) in [4.78, 5) is 55.2. The minimum atomic E-state index is -0.604. The molecule has 0 unspecified atom stereocenters. The largest absolute Gasteiger partial charge is 0.445 e. The number of carbonyl (C=O) groups excluding carboxylic acids is 4. The molecule has 10 nitrogen and oxygen atoms in total. The van der Waals surface area contributed by atoms with Gasteiger partial charge in [-0.1, -0.05) is 111 Å². The molecule has 0 aromatic heterocycles. The molecule has 4 atom stereocenters. The molecular formula is C42H44N4O6. The van der Waals surface area contributed by atoms with Gasteiger partial charge < -0.3 is 20.1 Å². The van der Waals surface area contributed by atoms with E-state index in [9.17, 15) is 19.2 Å². The summed E-state index contributed by atoms with van der Waals surface area (Å²) < 4.78 is 11.0. The van der Waals surface area contributed by atoms with E-state index in [0.717, 1.165) is 22.3 Å². The van der Waals surface area contributed by atoms with E-state index in [0.29, 0.717) is 37.3 Å². The first-order valence-electron chi connectivity index (χ1n) is 17.7. The van der Waals surface area contributed by atoms with Crippen LogP contribution in [-0.4, -0.2) is 59.0 Å². The van der Waals surface area contributed by atoms with Gasteiger partial charge in [0.2, 0.25) is 11.8 Å². The van der Waals surface area contributed by atoms with Crippen molar-refractivity contribution in [2.24, 2.45) is 11.8 Å². The van der Waals surface area contributed by atoms with Crippen molar-refractivity contribution in [3.63, 3.8) is 0 Å². The van der Waals surface area contributed by atoms with E-state index in [-0.39, 0.29) is 36.9 Å². The van der Waals surface area contributed by atoms with Gasteiger partial charge in [0.25, 0.3) is 0 Å². The Kier molecular flexibility index (Phi) is 11.7. The zero-order chi connectivity index (χ0) is 36.5. The normalized spacial score (nSPS) is 19.7. The van der Waals surface area contributed by atoms with Gasteiger partial charge in [-0.25, -0.2) is 9.59 Å². The monoisotopic (exact) mass is 700 g/mol. The fraction of sp³-hybridized carbons (Fsp3) is 0.286. The van der Waals surface area contributed by atoms with Crippen LogP contribution in [0.4, 0.5) is 21.0 Å².